The molecular formula is C30H30N5O3P. The zero-order valence-electron chi connectivity index (χ0n) is 22.0. The van der Waals surface area contributed by atoms with E-state index in [9.17, 15) is 4.57 Å². The quantitative estimate of drug-likeness (QED) is 0.249. The second kappa shape index (κ2) is 9.40. The van der Waals surface area contributed by atoms with Gasteiger partial charge in [0.1, 0.15) is 19.5 Å². The standard InChI is InChI=1S/C30H30N5O3P/c1-39(2,36)26-12-11-22(23-13-14-31-28(23)26)24-16-21(38-19-20-8-4-3-5-9-20)18-34-29(24)25-17-32-35(30(25)33-34)27-10-6-7-15-37-27/h3-5,8-9,11-14,16-18,27,31H,6-7,10,15,19H2,1-2H3. The summed E-state index contributed by atoms with van der Waals surface area (Å²) in [5.74, 6) is 0.712. The van der Waals surface area contributed by atoms with Gasteiger partial charge in [0.15, 0.2) is 11.9 Å². The van der Waals surface area contributed by atoms with Gasteiger partial charge in [0, 0.05) is 29.1 Å². The Balaban J connectivity index is 1.43. The van der Waals surface area contributed by atoms with Crippen molar-refractivity contribution in [1.82, 2.24) is 24.4 Å². The first-order valence-corrected chi connectivity index (χ1v) is 15.9. The van der Waals surface area contributed by atoms with Crippen LogP contribution in [0.25, 0.3) is 38.6 Å². The van der Waals surface area contributed by atoms with Crippen molar-refractivity contribution in [3.63, 3.8) is 0 Å². The highest BCUT2D eigenvalue weighted by Crippen LogP contribution is 2.42. The molecule has 8 nitrogen and oxygen atoms in total. The minimum Gasteiger partial charge on any atom is -0.487 e. The zero-order valence-corrected chi connectivity index (χ0v) is 22.9. The Morgan fingerprint density at radius 1 is 1.08 bits per heavy atom. The molecule has 1 N–H and O–H groups in total. The second-order valence-electron chi connectivity index (χ2n) is 10.6. The van der Waals surface area contributed by atoms with Gasteiger partial charge in [0.25, 0.3) is 0 Å². The van der Waals surface area contributed by atoms with E-state index < -0.39 is 7.14 Å². The van der Waals surface area contributed by atoms with Gasteiger partial charge < -0.3 is 19.0 Å². The molecule has 0 saturated carbocycles. The fourth-order valence-corrected chi connectivity index (χ4v) is 6.76. The molecule has 1 fully saturated rings. The maximum absolute atomic E-state index is 13.1. The maximum Gasteiger partial charge on any atom is 0.183 e. The number of hydrogen-bond donors (Lipinski definition) is 1. The van der Waals surface area contributed by atoms with Crippen LogP contribution in [0.15, 0.2) is 73.2 Å². The zero-order chi connectivity index (χ0) is 26.6. The van der Waals surface area contributed by atoms with Crippen molar-refractivity contribution in [3.8, 4) is 16.9 Å². The van der Waals surface area contributed by atoms with Crippen LogP contribution in [-0.4, -0.2) is 44.3 Å². The van der Waals surface area contributed by atoms with E-state index in [0.29, 0.717) is 12.4 Å². The molecule has 1 aliphatic heterocycles. The lowest BCUT2D eigenvalue weighted by Gasteiger charge is -2.22. The highest BCUT2D eigenvalue weighted by Gasteiger charge is 2.25. The molecule has 1 aliphatic rings. The average Bonchev–Trinajstić information content (AvgIpc) is 3.67. The summed E-state index contributed by atoms with van der Waals surface area (Å²) < 4.78 is 29.2. The average molecular weight is 540 g/mol. The number of nitrogens with one attached hydrogen (secondary N) is 1. The van der Waals surface area contributed by atoms with E-state index in [2.05, 4.69) is 29.2 Å². The number of aromatic nitrogens is 5. The normalized spacial score (nSPS) is 16.4. The molecule has 0 bridgehead atoms. The molecule has 0 amide bonds. The first-order chi connectivity index (χ1) is 19.0. The van der Waals surface area contributed by atoms with Gasteiger partial charge in [-0.3, -0.25) is 0 Å². The summed E-state index contributed by atoms with van der Waals surface area (Å²) in [6, 6.07) is 18.3. The molecule has 0 aliphatic carbocycles. The van der Waals surface area contributed by atoms with Gasteiger partial charge in [-0.1, -0.05) is 36.4 Å². The number of pyridine rings is 1. The maximum atomic E-state index is 13.1. The third kappa shape index (κ3) is 4.24. The van der Waals surface area contributed by atoms with Crippen molar-refractivity contribution in [2.45, 2.75) is 32.1 Å². The molecule has 6 aromatic rings. The molecule has 1 saturated heterocycles. The van der Waals surface area contributed by atoms with Crippen LogP contribution < -0.4 is 10.0 Å². The molecule has 1 atom stereocenters. The van der Waals surface area contributed by atoms with Crippen molar-refractivity contribution in [2.24, 2.45) is 0 Å². The van der Waals surface area contributed by atoms with Crippen LogP contribution >= 0.6 is 7.14 Å². The number of nitrogens with zero attached hydrogens (tertiary/aromatic N) is 4. The van der Waals surface area contributed by atoms with Gasteiger partial charge in [0.05, 0.1) is 28.8 Å². The van der Waals surface area contributed by atoms with Crippen LogP contribution in [0.4, 0.5) is 0 Å². The van der Waals surface area contributed by atoms with Crippen LogP contribution in [0, 0.1) is 0 Å². The Kier molecular flexibility index (Phi) is 5.83. The molecule has 1 unspecified atom stereocenters. The van der Waals surface area contributed by atoms with E-state index >= 15 is 0 Å². The summed E-state index contributed by atoms with van der Waals surface area (Å²) in [5, 5.41) is 12.5. The lowest BCUT2D eigenvalue weighted by Crippen LogP contribution is -2.19. The topological polar surface area (TPSA) is 86.4 Å². The molecule has 0 spiro atoms. The van der Waals surface area contributed by atoms with Crippen LogP contribution in [0.2, 0.25) is 0 Å². The lowest BCUT2D eigenvalue weighted by molar-refractivity contribution is -0.0370. The SMILES string of the molecule is CP(C)(=O)c1ccc(-c2cc(OCc3ccccc3)cn3nc4c(cnn4C4CCCCO4)c23)c2cc[nH]c12. The Bertz CT molecular complexity index is 1860. The predicted molar refractivity (Wildman–Crippen MR) is 154 cm³/mol. The van der Waals surface area contributed by atoms with Crippen LogP contribution in [0.5, 0.6) is 5.75 Å². The number of rotatable bonds is 6. The third-order valence-corrected chi connectivity index (χ3v) is 9.03. The van der Waals surface area contributed by atoms with E-state index in [1.165, 1.54) is 0 Å². The Hall–Kier alpha value is -3.87. The molecule has 0 radical (unpaired) electrons. The Morgan fingerprint density at radius 3 is 2.74 bits per heavy atom. The van der Waals surface area contributed by atoms with E-state index in [0.717, 1.165) is 75.3 Å². The summed E-state index contributed by atoms with van der Waals surface area (Å²) in [5.41, 5.74) is 5.72. The third-order valence-electron chi connectivity index (χ3n) is 7.50. The highest BCUT2D eigenvalue weighted by atomic mass is 31.2. The molecule has 4 aromatic heterocycles. The monoisotopic (exact) mass is 539 g/mol. The Labute approximate surface area is 225 Å². The van der Waals surface area contributed by atoms with Gasteiger partial charge in [-0.2, -0.15) is 5.10 Å². The predicted octanol–water partition coefficient (Wildman–Crippen LogP) is 6.36. The minimum absolute atomic E-state index is 0.114. The minimum atomic E-state index is -2.48. The van der Waals surface area contributed by atoms with Crippen molar-refractivity contribution < 1.29 is 14.0 Å². The summed E-state index contributed by atoms with van der Waals surface area (Å²) in [6.07, 6.45) is 8.72. The van der Waals surface area contributed by atoms with Crippen LogP contribution in [0.3, 0.4) is 0 Å². The summed E-state index contributed by atoms with van der Waals surface area (Å²) >= 11 is 0. The molecule has 7 rings (SSSR count). The van der Waals surface area contributed by atoms with Crippen molar-refractivity contribution >= 4 is 39.9 Å². The molecule has 198 valence electrons. The number of aromatic amines is 1. The molecular weight excluding hydrogens is 509 g/mol. The van der Waals surface area contributed by atoms with Crippen molar-refractivity contribution in [2.75, 3.05) is 19.9 Å². The van der Waals surface area contributed by atoms with Gasteiger partial charge >= 0.3 is 0 Å². The van der Waals surface area contributed by atoms with E-state index in [-0.39, 0.29) is 6.23 Å². The van der Waals surface area contributed by atoms with Crippen molar-refractivity contribution in [3.05, 3.63) is 78.8 Å². The number of fused-ring (bicyclic) bond motifs is 4. The second-order valence-corrected chi connectivity index (χ2v) is 13.7. The van der Waals surface area contributed by atoms with Gasteiger partial charge in [-0.25, -0.2) is 9.20 Å². The largest absolute Gasteiger partial charge is 0.487 e. The first kappa shape index (κ1) is 24.2. The fourth-order valence-electron chi connectivity index (χ4n) is 5.61. The van der Waals surface area contributed by atoms with Crippen molar-refractivity contribution in [1.29, 1.82) is 0 Å². The van der Waals surface area contributed by atoms with Gasteiger partial charge in [0.2, 0.25) is 0 Å². The number of hydrogen-bond acceptors (Lipinski definition) is 5. The smallest absolute Gasteiger partial charge is 0.183 e. The van der Waals surface area contributed by atoms with E-state index in [4.69, 9.17) is 19.7 Å². The van der Waals surface area contributed by atoms with E-state index in [1.807, 2.05) is 58.1 Å². The highest BCUT2D eigenvalue weighted by molar-refractivity contribution is 7.70. The van der Waals surface area contributed by atoms with Gasteiger partial charge in [-0.15, -0.1) is 5.10 Å². The number of H-pyrrole nitrogens is 1. The molecule has 9 heteroatoms. The summed E-state index contributed by atoms with van der Waals surface area (Å²) in [6.45, 7) is 4.80. The summed E-state index contributed by atoms with van der Waals surface area (Å²) in [7, 11) is -2.48. The van der Waals surface area contributed by atoms with Gasteiger partial charge in [-0.05, 0) is 61.9 Å². The lowest BCUT2D eigenvalue weighted by atomic mass is 10.0. The molecule has 5 heterocycles. The first-order valence-electron chi connectivity index (χ1n) is 13.3. The fraction of sp³-hybridized carbons (Fsp3) is 0.267. The van der Waals surface area contributed by atoms with Crippen LogP contribution in [0.1, 0.15) is 31.1 Å². The van der Waals surface area contributed by atoms with E-state index in [1.54, 1.807) is 13.3 Å². The molecule has 39 heavy (non-hydrogen) atoms. The summed E-state index contributed by atoms with van der Waals surface area (Å²) in [4.78, 5) is 3.33. The Morgan fingerprint density at radius 2 is 1.95 bits per heavy atom. The number of benzene rings is 2. The van der Waals surface area contributed by atoms with Crippen LogP contribution in [-0.2, 0) is 15.9 Å². The molecule has 2 aromatic carbocycles. The number of ether oxygens (including phenoxy) is 2.